The molecule has 1 aliphatic rings. The summed E-state index contributed by atoms with van der Waals surface area (Å²) in [4.78, 5) is 25.5. The van der Waals surface area contributed by atoms with Crippen molar-refractivity contribution >= 4 is 57.5 Å². The molecule has 0 amide bonds. The number of aliphatic hydroxyl groups is 2. The lowest BCUT2D eigenvalue weighted by Crippen LogP contribution is -2.44. The Hall–Kier alpha value is -3.37. The number of carbonyl (C=O) groups excluding carboxylic acids is 1. The van der Waals surface area contributed by atoms with Gasteiger partial charge in [0.1, 0.15) is 29.6 Å². The van der Waals surface area contributed by atoms with Gasteiger partial charge in [-0.3, -0.25) is 13.9 Å². The van der Waals surface area contributed by atoms with E-state index in [2.05, 4.69) is 36.0 Å². The maximum absolute atomic E-state index is 14.4. The minimum Gasteiger partial charge on any atom is -0.479 e. The summed E-state index contributed by atoms with van der Waals surface area (Å²) in [7, 11) is -3.00. The number of methoxy groups -OCH3 is 1. The molecule has 17 heteroatoms. The van der Waals surface area contributed by atoms with Gasteiger partial charge < -0.3 is 34.7 Å². The van der Waals surface area contributed by atoms with Crippen LogP contribution < -0.4 is 20.1 Å². The summed E-state index contributed by atoms with van der Waals surface area (Å²) in [6.45, 7) is 8.17. The van der Waals surface area contributed by atoms with Crippen molar-refractivity contribution in [2.24, 2.45) is 5.41 Å². The number of nitrogen functional groups attached to an aromatic ring is 1. The van der Waals surface area contributed by atoms with Crippen LogP contribution >= 0.6 is 23.7 Å². The van der Waals surface area contributed by atoms with E-state index in [1.807, 2.05) is 39.0 Å². The molecule has 5 rings (SSSR count). The number of hydrogen-bond donors (Lipinski definition) is 4. The van der Waals surface area contributed by atoms with Crippen molar-refractivity contribution in [3.05, 3.63) is 47.2 Å². The van der Waals surface area contributed by atoms with Gasteiger partial charge in [0, 0.05) is 5.39 Å². The molecule has 0 aliphatic carbocycles. The van der Waals surface area contributed by atoms with Crippen LogP contribution in [0.2, 0.25) is 0 Å². The van der Waals surface area contributed by atoms with Gasteiger partial charge in [-0.25, -0.2) is 9.55 Å². The Morgan fingerprint density at radius 1 is 1.21 bits per heavy atom. The van der Waals surface area contributed by atoms with Gasteiger partial charge in [-0.05, 0) is 46.6 Å². The van der Waals surface area contributed by atoms with Crippen molar-refractivity contribution in [3.63, 3.8) is 0 Å². The van der Waals surface area contributed by atoms with E-state index in [0.717, 1.165) is 5.39 Å². The molecule has 2 unspecified atom stereocenters. The number of ether oxygens (including phenoxy) is 3. The molecule has 15 nitrogen and oxygen atoms in total. The summed E-state index contributed by atoms with van der Waals surface area (Å²) in [6.07, 6.45) is -4.07. The predicted octanol–water partition coefficient (Wildman–Crippen LogP) is 4.11. The largest absolute Gasteiger partial charge is 0.479 e. The lowest BCUT2D eigenvalue weighted by atomic mass is 9.96. The minimum absolute atomic E-state index is 0.0952. The first-order chi connectivity index (χ1) is 22.0. The predicted molar refractivity (Wildman–Crippen MR) is 176 cm³/mol. The highest BCUT2D eigenvalue weighted by Gasteiger charge is 2.55. The monoisotopic (exact) mass is 736 g/mol. The van der Waals surface area contributed by atoms with Crippen molar-refractivity contribution in [3.8, 4) is 11.6 Å². The van der Waals surface area contributed by atoms with E-state index in [9.17, 15) is 19.6 Å². The van der Waals surface area contributed by atoms with Gasteiger partial charge in [0.2, 0.25) is 11.8 Å². The van der Waals surface area contributed by atoms with Crippen LogP contribution in [0.5, 0.6) is 11.6 Å². The van der Waals surface area contributed by atoms with Gasteiger partial charge >= 0.3 is 13.7 Å². The molecular weight excluding hydrogens is 699 g/mol. The van der Waals surface area contributed by atoms with Crippen molar-refractivity contribution in [1.82, 2.24) is 24.6 Å². The van der Waals surface area contributed by atoms with Crippen molar-refractivity contribution in [1.29, 1.82) is 0 Å². The first-order valence-electron chi connectivity index (χ1n) is 14.7. The van der Waals surface area contributed by atoms with Crippen LogP contribution in [0.4, 0.5) is 5.95 Å². The second-order valence-corrected chi connectivity index (χ2v) is 15.0. The molecule has 2 aromatic carbocycles. The molecule has 0 bridgehead atoms. The number of aliphatic hydroxyl groups excluding tert-OH is 1. The number of nitrogens with two attached hydrogens (primary N) is 1. The Balaban J connectivity index is 1.42. The number of rotatable bonds is 11. The van der Waals surface area contributed by atoms with Gasteiger partial charge in [-0.15, -0.1) is 0 Å². The van der Waals surface area contributed by atoms with Crippen LogP contribution in [0.25, 0.3) is 21.9 Å². The molecule has 5 N–H and O–H groups in total. The number of imidazole rings is 1. The number of anilines is 1. The molecule has 47 heavy (non-hydrogen) atoms. The van der Waals surface area contributed by atoms with E-state index in [0.29, 0.717) is 5.39 Å². The summed E-state index contributed by atoms with van der Waals surface area (Å²) >= 11 is 3.36. The number of nitrogens with zero attached hydrogens (tertiary/aromatic N) is 4. The van der Waals surface area contributed by atoms with Gasteiger partial charge in [0.25, 0.3) is 0 Å². The summed E-state index contributed by atoms with van der Waals surface area (Å²) in [6, 6.07) is 11.4. The fourth-order valence-electron chi connectivity index (χ4n) is 5.01. The van der Waals surface area contributed by atoms with Crippen LogP contribution in [0, 0.1) is 5.41 Å². The molecule has 2 aromatic heterocycles. The molecule has 0 spiro atoms. The average Bonchev–Trinajstić information content (AvgIpc) is 3.44. The lowest BCUT2D eigenvalue weighted by molar-refractivity contribution is -0.148. The number of aromatic nitrogens is 4. The third-order valence-corrected chi connectivity index (χ3v) is 9.58. The summed E-state index contributed by atoms with van der Waals surface area (Å²) in [5.41, 5.74) is 4.04. The fourth-order valence-corrected chi connectivity index (χ4v) is 7.06. The Kier molecular flexibility index (Phi) is 9.86. The molecule has 1 aliphatic heterocycles. The fraction of sp³-hybridized carbons (Fsp3) is 0.467. The summed E-state index contributed by atoms with van der Waals surface area (Å²) in [5.74, 6) is -0.461. The van der Waals surface area contributed by atoms with E-state index in [1.165, 1.54) is 25.5 Å². The molecule has 1 fully saturated rings. The number of carbonyl (C=O) groups is 1. The number of nitrogens with one attached hydrogen (secondary N) is 1. The first-order valence-corrected chi connectivity index (χ1v) is 17.0. The molecule has 4 aromatic rings. The van der Waals surface area contributed by atoms with E-state index < -0.39 is 50.4 Å². The average molecular weight is 738 g/mol. The molecular formula is C30H38BrN6O9P. The Labute approximate surface area is 279 Å². The van der Waals surface area contributed by atoms with E-state index in [1.54, 1.807) is 24.3 Å². The second-order valence-electron chi connectivity index (χ2n) is 12.6. The zero-order chi connectivity index (χ0) is 34.3. The molecule has 3 heterocycles. The standard InChI is InChI=1S/C30H38BrN6O9P/c1-16(25(39)43-15-29(2,3)4)36-47(41,46-19-13-9-11-17-10-7-8-12-18(17)19)44-14-20-22(38)30(5,40)26(45-20)37-23-21(33-27(37)31)24(42-6)35-28(32)34-23/h7-13,16,20,22,26,38,40H,14-15H2,1-6H3,(H,36,41)(H2,32,34,35)/t16?,20-,22-,26-,30-,47?/m1/s1. The molecule has 0 radical (unpaired) electrons. The molecule has 6 atom stereocenters. The number of hydrogen-bond acceptors (Lipinski definition) is 13. The smallest absolute Gasteiger partial charge is 0.459 e. The highest BCUT2D eigenvalue weighted by Crippen LogP contribution is 2.49. The van der Waals surface area contributed by atoms with Crippen LogP contribution in [0.3, 0.4) is 0 Å². The third-order valence-electron chi connectivity index (χ3n) is 7.39. The van der Waals surface area contributed by atoms with Crippen molar-refractivity contribution in [2.75, 3.05) is 26.1 Å². The van der Waals surface area contributed by atoms with E-state index in [-0.39, 0.29) is 45.5 Å². The Bertz CT molecular complexity index is 1830. The summed E-state index contributed by atoms with van der Waals surface area (Å²) in [5, 5.41) is 26.9. The second kappa shape index (κ2) is 13.3. The SMILES string of the molecule is COc1nc(N)nc2c1nc(Br)n2[C@@H]1O[C@H](COP(=O)(NC(C)C(=O)OCC(C)(C)C)Oc2cccc3ccccc23)[C@@H](O)[C@@]1(C)O. The summed E-state index contributed by atoms with van der Waals surface area (Å²) < 4.78 is 44.6. The van der Waals surface area contributed by atoms with Crippen LogP contribution in [0.15, 0.2) is 47.2 Å². The van der Waals surface area contributed by atoms with Crippen molar-refractivity contribution < 1.29 is 42.8 Å². The topological polar surface area (TPSA) is 202 Å². The van der Waals surface area contributed by atoms with Gasteiger partial charge in [0.05, 0.1) is 20.3 Å². The highest BCUT2D eigenvalue weighted by molar-refractivity contribution is 9.10. The van der Waals surface area contributed by atoms with Crippen LogP contribution in [0.1, 0.15) is 40.8 Å². The van der Waals surface area contributed by atoms with E-state index >= 15 is 0 Å². The van der Waals surface area contributed by atoms with Gasteiger partial charge in [0.15, 0.2) is 22.1 Å². The van der Waals surface area contributed by atoms with Crippen LogP contribution in [-0.2, 0) is 23.4 Å². The first kappa shape index (κ1) is 35.0. The number of fused-ring (bicyclic) bond motifs is 2. The molecule has 1 saturated heterocycles. The number of benzene rings is 2. The minimum atomic E-state index is -4.39. The Morgan fingerprint density at radius 2 is 1.91 bits per heavy atom. The number of esters is 1. The van der Waals surface area contributed by atoms with Gasteiger partial charge in [-0.2, -0.15) is 15.1 Å². The van der Waals surface area contributed by atoms with Crippen LogP contribution in [-0.4, -0.2) is 79.9 Å². The third kappa shape index (κ3) is 7.38. The Morgan fingerprint density at radius 3 is 2.62 bits per heavy atom. The van der Waals surface area contributed by atoms with Gasteiger partial charge in [-0.1, -0.05) is 57.2 Å². The molecule has 0 saturated carbocycles. The van der Waals surface area contributed by atoms with Crippen molar-refractivity contribution in [2.45, 2.75) is 64.7 Å². The normalized spacial score (nSPS) is 23.5. The maximum atomic E-state index is 14.4. The highest BCUT2D eigenvalue weighted by atomic mass is 79.9. The molecule has 254 valence electrons. The van der Waals surface area contributed by atoms with E-state index in [4.69, 9.17) is 29.0 Å². The lowest BCUT2D eigenvalue weighted by Gasteiger charge is -2.28. The number of halogens is 1. The maximum Gasteiger partial charge on any atom is 0.459 e. The zero-order valence-electron chi connectivity index (χ0n) is 26.7. The zero-order valence-corrected chi connectivity index (χ0v) is 29.2. The quantitative estimate of drug-likeness (QED) is 0.0973.